The predicted octanol–water partition coefficient (Wildman–Crippen LogP) is 2.34. The van der Waals surface area contributed by atoms with Crippen LogP contribution in [0.2, 0.25) is 0 Å². The number of thioether (sulfide) groups is 1. The number of aromatic nitrogens is 3. The molecule has 25 heavy (non-hydrogen) atoms. The fourth-order valence-corrected chi connectivity index (χ4v) is 3.11. The zero-order valence-electron chi connectivity index (χ0n) is 13.9. The lowest BCUT2D eigenvalue weighted by atomic mass is 10.2. The molecular formula is C18H20N4O2S. The molecule has 0 saturated heterocycles. The lowest BCUT2D eigenvalue weighted by Gasteiger charge is -2.16. The molecule has 1 aromatic carbocycles. The van der Waals surface area contributed by atoms with E-state index in [1.54, 1.807) is 30.1 Å². The van der Waals surface area contributed by atoms with Crippen LogP contribution in [0.5, 0.6) is 0 Å². The minimum Gasteiger partial charge on any atom is -0.345 e. The summed E-state index contributed by atoms with van der Waals surface area (Å²) >= 11 is 1.72. The van der Waals surface area contributed by atoms with Gasteiger partial charge in [0.05, 0.1) is 17.1 Å². The maximum absolute atomic E-state index is 12.4. The van der Waals surface area contributed by atoms with Crippen LogP contribution in [-0.2, 0) is 11.3 Å². The summed E-state index contributed by atoms with van der Waals surface area (Å²) in [5, 5.41) is 3.00. The molecule has 0 radical (unpaired) electrons. The zero-order chi connectivity index (χ0) is 17.6. The number of amides is 1. The molecule has 0 aliphatic carbocycles. The number of H-pyrrole nitrogens is 1. The monoisotopic (exact) mass is 356 g/mol. The van der Waals surface area contributed by atoms with Gasteiger partial charge in [-0.3, -0.25) is 9.59 Å². The molecule has 2 N–H and O–H groups in total. The van der Waals surface area contributed by atoms with Crippen molar-refractivity contribution in [3.63, 3.8) is 0 Å². The summed E-state index contributed by atoms with van der Waals surface area (Å²) in [4.78, 5) is 32.0. The third kappa shape index (κ3) is 4.30. The SMILES string of the molecule is CSCC[C@@H](NC(=O)Cn1ccccc1=O)c1nc2ccccc2[nH]1. The van der Waals surface area contributed by atoms with Crippen molar-refractivity contribution in [1.29, 1.82) is 0 Å². The summed E-state index contributed by atoms with van der Waals surface area (Å²) in [7, 11) is 0. The summed E-state index contributed by atoms with van der Waals surface area (Å²) in [6.45, 7) is -0.00430. The van der Waals surface area contributed by atoms with Crippen LogP contribution in [0.4, 0.5) is 0 Å². The van der Waals surface area contributed by atoms with Crippen LogP contribution in [0.3, 0.4) is 0 Å². The third-order valence-electron chi connectivity index (χ3n) is 3.90. The normalized spacial score (nSPS) is 12.2. The van der Waals surface area contributed by atoms with E-state index >= 15 is 0 Å². The van der Waals surface area contributed by atoms with Gasteiger partial charge < -0.3 is 14.9 Å². The number of nitrogens with one attached hydrogen (secondary N) is 2. The second-order valence-electron chi connectivity index (χ2n) is 5.71. The number of fused-ring (bicyclic) bond motifs is 1. The van der Waals surface area contributed by atoms with E-state index in [-0.39, 0.29) is 24.1 Å². The van der Waals surface area contributed by atoms with E-state index in [1.807, 2.05) is 30.5 Å². The van der Waals surface area contributed by atoms with E-state index in [0.29, 0.717) is 0 Å². The Morgan fingerprint density at radius 2 is 2.08 bits per heavy atom. The Hall–Kier alpha value is -2.54. The van der Waals surface area contributed by atoms with Crippen molar-refractivity contribution in [3.8, 4) is 0 Å². The van der Waals surface area contributed by atoms with Crippen molar-refractivity contribution in [1.82, 2.24) is 19.9 Å². The van der Waals surface area contributed by atoms with E-state index in [2.05, 4.69) is 15.3 Å². The van der Waals surface area contributed by atoms with Crippen LogP contribution in [0.15, 0.2) is 53.5 Å². The van der Waals surface area contributed by atoms with Gasteiger partial charge in [0.15, 0.2) is 0 Å². The van der Waals surface area contributed by atoms with Crippen LogP contribution in [0.25, 0.3) is 11.0 Å². The van der Waals surface area contributed by atoms with Crippen molar-refractivity contribution >= 4 is 28.7 Å². The fourth-order valence-electron chi connectivity index (χ4n) is 2.64. The first kappa shape index (κ1) is 17.3. The quantitative estimate of drug-likeness (QED) is 0.681. The van der Waals surface area contributed by atoms with Crippen LogP contribution in [-0.4, -0.2) is 32.5 Å². The molecule has 2 aromatic heterocycles. The number of nitrogens with zero attached hydrogens (tertiary/aromatic N) is 2. The Labute approximate surface area is 149 Å². The Bertz CT molecular complexity index is 885. The molecule has 2 heterocycles. The molecule has 6 nitrogen and oxygen atoms in total. The first-order chi connectivity index (χ1) is 12.2. The van der Waals surface area contributed by atoms with Crippen LogP contribution in [0.1, 0.15) is 18.3 Å². The maximum Gasteiger partial charge on any atom is 0.250 e. The molecule has 1 atom stereocenters. The molecule has 0 fully saturated rings. The van der Waals surface area contributed by atoms with E-state index in [9.17, 15) is 9.59 Å². The number of hydrogen-bond acceptors (Lipinski definition) is 4. The van der Waals surface area contributed by atoms with Gasteiger partial charge in [-0.15, -0.1) is 0 Å². The van der Waals surface area contributed by atoms with Gasteiger partial charge in [-0.05, 0) is 36.6 Å². The molecule has 3 rings (SSSR count). The number of carbonyl (C=O) groups excluding carboxylic acids is 1. The van der Waals surface area contributed by atoms with E-state index in [1.165, 1.54) is 10.6 Å². The molecule has 3 aromatic rings. The molecule has 0 bridgehead atoms. The first-order valence-corrected chi connectivity index (χ1v) is 9.45. The number of pyridine rings is 1. The number of hydrogen-bond donors (Lipinski definition) is 2. The second-order valence-corrected chi connectivity index (χ2v) is 6.69. The molecule has 0 aliphatic heterocycles. The molecule has 0 spiro atoms. The summed E-state index contributed by atoms with van der Waals surface area (Å²) in [6, 6.07) is 12.4. The average molecular weight is 356 g/mol. The summed E-state index contributed by atoms with van der Waals surface area (Å²) in [5.74, 6) is 1.43. The molecule has 7 heteroatoms. The largest absolute Gasteiger partial charge is 0.345 e. The second kappa shape index (κ2) is 8.02. The Kier molecular flexibility index (Phi) is 5.55. The lowest BCUT2D eigenvalue weighted by Crippen LogP contribution is -2.35. The standard InChI is InChI=1S/C18H20N4O2S/c1-25-11-9-15(18-20-13-6-2-3-7-14(13)21-18)19-16(23)12-22-10-5-4-8-17(22)24/h2-8,10,15H,9,11-12H2,1H3,(H,19,23)(H,20,21)/t15-/m1/s1. The van der Waals surface area contributed by atoms with Gasteiger partial charge in [0.25, 0.3) is 5.56 Å². The minimum absolute atomic E-state index is 0.00430. The zero-order valence-corrected chi connectivity index (χ0v) is 14.8. The predicted molar refractivity (Wildman–Crippen MR) is 101 cm³/mol. The molecule has 130 valence electrons. The Morgan fingerprint density at radius 3 is 2.84 bits per heavy atom. The Balaban J connectivity index is 1.77. The van der Waals surface area contributed by atoms with Gasteiger partial charge in [0, 0.05) is 12.3 Å². The van der Waals surface area contributed by atoms with E-state index in [0.717, 1.165) is 29.0 Å². The van der Waals surface area contributed by atoms with Gasteiger partial charge in [-0.1, -0.05) is 18.2 Å². The number of para-hydroxylation sites is 2. The molecular weight excluding hydrogens is 336 g/mol. The molecule has 0 aliphatic rings. The number of carbonyl (C=O) groups is 1. The van der Waals surface area contributed by atoms with Crippen molar-refractivity contribution in [2.45, 2.75) is 19.0 Å². The van der Waals surface area contributed by atoms with Crippen LogP contribution < -0.4 is 10.9 Å². The van der Waals surface area contributed by atoms with Crippen molar-refractivity contribution in [3.05, 3.63) is 64.8 Å². The van der Waals surface area contributed by atoms with Crippen molar-refractivity contribution in [2.24, 2.45) is 0 Å². The van der Waals surface area contributed by atoms with E-state index < -0.39 is 0 Å². The number of aromatic amines is 1. The topological polar surface area (TPSA) is 79.8 Å². The van der Waals surface area contributed by atoms with Crippen molar-refractivity contribution < 1.29 is 4.79 Å². The molecule has 1 amide bonds. The Morgan fingerprint density at radius 1 is 1.28 bits per heavy atom. The highest BCUT2D eigenvalue weighted by Crippen LogP contribution is 2.20. The summed E-state index contributed by atoms with van der Waals surface area (Å²) in [6.07, 6.45) is 4.40. The lowest BCUT2D eigenvalue weighted by molar-refractivity contribution is -0.122. The number of imidazole rings is 1. The number of rotatable bonds is 7. The fraction of sp³-hybridized carbons (Fsp3) is 0.278. The summed E-state index contributed by atoms with van der Waals surface area (Å²) in [5.41, 5.74) is 1.63. The third-order valence-corrected chi connectivity index (χ3v) is 4.54. The number of benzene rings is 1. The van der Waals surface area contributed by atoms with Crippen molar-refractivity contribution in [2.75, 3.05) is 12.0 Å². The first-order valence-electron chi connectivity index (χ1n) is 8.06. The average Bonchev–Trinajstić information content (AvgIpc) is 3.04. The highest BCUT2D eigenvalue weighted by Gasteiger charge is 2.18. The minimum atomic E-state index is -0.216. The maximum atomic E-state index is 12.4. The van der Waals surface area contributed by atoms with E-state index in [4.69, 9.17) is 0 Å². The highest BCUT2D eigenvalue weighted by atomic mass is 32.2. The van der Waals surface area contributed by atoms with Crippen LogP contribution in [0, 0.1) is 0 Å². The van der Waals surface area contributed by atoms with Gasteiger partial charge in [-0.25, -0.2) is 4.98 Å². The van der Waals surface area contributed by atoms with Gasteiger partial charge in [0.1, 0.15) is 12.4 Å². The molecule has 0 saturated carbocycles. The summed E-state index contributed by atoms with van der Waals surface area (Å²) < 4.78 is 1.39. The van der Waals surface area contributed by atoms with Gasteiger partial charge in [0.2, 0.25) is 5.91 Å². The smallest absolute Gasteiger partial charge is 0.250 e. The highest BCUT2D eigenvalue weighted by molar-refractivity contribution is 7.98. The van der Waals surface area contributed by atoms with Gasteiger partial charge in [-0.2, -0.15) is 11.8 Å². The van der Waals surface area contributed by atoms with Gasteiger partial charge >= 0.3 is 0 Å². The van der Waals surface area contributed by atoms with Crippen LogP contribution >= 0.6 is 11.8 Å². The molecule has 0 unspecified atom stereocenters.